The number of ether oxygens (including phenoxy) is 2. The molecule has 1 fully saturated rings. The van der Waals surface area contributed by atoms with Crippen molar-refractivity contribution in [3.05, 3.63) is 54.6 Å². The number of rotatable bonds is 3. The van der Waals surface area contributed by atoms with Crippen molar-refractivity contribution in [1.29, 1.82) is 0 Å². The Morgan fingerprint density at radius 3 is 2.42 bits per heavy atom. The SMILES string of the molecule is Fc1ccc(N(c2cccnc2)C2OCCO2)cc1. The van der Waals surface area contributed by atoms with Crippen molar-refractivity contribution in [2.75, 3.05) is 18.1 Å². The summed E-state index contributed by atoms with van der Waals surface area (Å²) in [6.07, 6.45) is 2.91. The summed E-state index contributed by atoms with van der Waals surface area (Å²) in [5.74, 6) is -0.275. The molecule has 0 spiro atoms. The van der Waals surface area contributed by atoms with Gasteiger partial charge in [0, 0.05) is 11.9 Å². The second kappa shape index (κ2) is 5.34. The van der Waals surface area contributed by atoms with Gasteiger partial charge in [-0.1, -0.05) is 0 Å². The van der Waals surface area contributed by atoms with Gasteiger partial charge in [-0.25, -0.2) is 4.39 Å². The first-order chi connectivity index (χ1) is 9.34. The largest absolute Gasteiger partial charge is 0.333 e. The standard InChI is InChI=1S/C14H13FN2O2/c15-11-3-5-12(6-4-11)17(14-18-8-9-19-14)13-2-1-7-16-10-13/h1-7,10,14H,8-9H2. The predicted octanol–water partition coefficient (Wildman–Crippen LogP) is 2.69. The first-order valence-corrected chi connectivity index (χ1v) is 6.02. The van der Waals surface area contributed by atoms with E-state index in [2.05, 4.69) is 4.98 Å². The number of halogens is 1. The third-order valence-corrected chi connectivity index (χ3v) is 2.84. The lowest BCUT2D eigenvalue weighted by Crippen LogP contribution is -2.31. The van der Waals surface area contributed by atoms with E-state index in [9.17, 15) is 4.39 Å². The van der Waals surface area contributed by atoms with Crippen LogP contribution in [0.5, 0.6) is 0 Å². The van der Waals surface area contributed by atoms with Gasteiger partial charge in [0.25, 0.3) is 0 Å². The second-order valence-corrected chi connectivity index (χ2v) is 4.11. The van der Waals surface area contributed by atoms with Crippen LogP contribution in [0.25, 0.3) is 0 Å². The minimum atomic E-state index is -0.505. The zero-order chi connectivity index (χ0) is 13.1. The molecule has 0 saturated carbocycles. The Balaban J connectivity index is 1.98. The number of hydrogen-bond donors (Lipinski definition) is 0. The second-order valence-electron chi connectivity index (χ2n) is 4.11. The minimum Gasteiger partial charge on any atom is -0.333 e. The summed E-state index contributed by atoms with van der Waals surface area (Å²) < 4.78 is 24.1. The molecule has 98 valence electrons. The fourth-order valence-corrected chi connectivity index (χ4v) is 1.99. The van der Waals surface area contributed by atoms with Crippen molar-refractivity contribution in [2.45, 2.75) is 6.41 Å². The van der Waals surface area contributed by atoms with E-state index in [1.807, 2.05) is 17.0 Å². The van der Waals surface area contributed by atoms with Gasteiger partial charge in [-0.3, -0.25) is 9.88 Å². The number of benzene rings is 1. The molecule has 0 amide bonds. The maximum Gasteiger partial charge on any atom is 0.245 e. The quantitative estimate of drug-likeness (QED) is 0.849. The molecule has 0 aliphatic carbocycles. The molecule has 5 heteroatoms. The number of hydrogen-bond acceptors (Lipinski definition) is 4. The van der Waals surface area contributed by atoms with Gasteiger partial charge in [-0.15, -0.1) is 0 Å². The van der Waals surface area contributed by atoms with Crippen molar-refractivity contribution in [3.8, 4) is 0 Å². The highest BCUT2D eigenvalue weighted by molar-refractivity contribution is 5.62. The molecule has 1 aliphatic rings. The molecule has 2 aromatic rings. The molecule has 4 nitrogen and oxygen atoms in total. The fourth-order valence-electron chi connectivity index (χ4n) is 1.99. The smallest absolute Gasteiger partial charge is 0.245 e. The van der Waals surface area contributed by atoms with E-state index in [-0.39, 0.29) is 5.82 Å². The van der Waals surface area contributed by atoms with Gasteiger partial charge in [0.15, 0.2) is 0 Å². The molecular formula is C14H13FN2O2. The lowest BCUT2D eigenvalue weighted by molar-refractivity contribution is -0.0349. The number of anilines is 2. The zero-order valence-electron chi connectivity index (χ0n) is 10.2. The summed E-state index contributed by atoms with van der Waals surface area (Å²) in [4.78, 5) is 5.94. The van der Waals surface area contributed by atoms with Crippen molar-refractivity contribution in [3.63, 3.8) is 0 Å². The number of aromatic nitrogens is 1. The monoisotopic (exact) mass is 260 g/mol. The van der Waals surface area contributed by atoms with Crippen molar-refractivity contribution in [1.82, 2.24) is 4.98 Å². The van der Waals surface area contributed by atoms with Crippen molar-refractivity contribution in [2.24, 2.45) is 0 Å². The highest BCUT2D eigenvalue weighted by Gasteiger charge is 2.26. The van der Waals surface area contributed by atoms with E-state index in [1.165, 1.54) is 12.1 Å². The Kier molecular flexibility index (Phi) is 3.39. The molecular weight excluding hydrogens is 247 g/mol. The third kappa shape index (κ3) is 2.57. The lowest BCUT2D eigenvalue weighted by Gasteiger charge is -2.28. The Bertz CT molecular complexity index is 527. The van der Waals surface area contributed by atoms with Crippen LogP contribution >= 0.6 is 0 Å². The molecule has 3 rings (SSSR count). The highest BCUT2D eigenvalue weighted by Crippen LogP contribution is 2.29. The normalized spacial score (nSPS) is 15.6. The van der Waals surface area contributed by atoms with Crippen LogP contribution in [0, 0.1) is 5.82 Å². The summed E-state index contributed by atoms with van der Waals surface area (Å²) in [5, 5.41) is 0. The number of pyridine rings is 1. The van der Waals surface area contributed by atoms with E-state index in [0.717, 1.165) is 11.4 Å². The minimum absolute atomic E-state index is 0.275. The van der Waals surface area contributed by atoms with Crippen LogP contribution < -0.4 is 4.90 Å². The van der Waals surface area contributed by atoms with Crippen LogP contribution in [0.4, 0.5) is 15.8 Å². The van der Waals surface area contributed by atoms with Crippen LogP contribution in [-0.4, -0.2) is 24.6 Å². The van der Waals surface area contributed by atoms with Gasteiger partial charge in [0.05, 0.1) is 25.1 Å². The summed E-state index contributed by atoms with van der Waals surface area (Å²) >= 11 is 0. The molecule has 0 unspecified atom stereocenters. The topological polar surface area (TPSA) is 34.6 Å². The van der Waals surface area contributed by atoms with E-state index < -0.39 is 6.41 Å². The molecule has 0 N–H and O–H groups in total. The molecule has 1 aromatic heterocycles. The molecule has 0 radical (unpaired) electrons. The van der Waals surface area contributed by atoms with Crippen LogP contribution in [0.1, 0.15) is 0 Å². The first-order valence-electron chi connectivity index (χ1n) is 6.02. The van der Waals surface area contributed by atoms with Gasteiger partial charge in [-0.2, -0.15) is 0 Å². The molecule has 1 aromatic carbocycles. The maximum atomic E-state index is 13.0. The lowest BCUT2D eigenvalue weighted by atomic mass is 10.2. The van der Waals surface area contributed by atoms with Gasteiger partial charge >= 0.3 is 0 Å². The van der Waals surface area contributed by atoms with Crippen molar-refractivity contribution >= 4 is 11.4 Å². The fraction of sp³-hybridized carbons (Fsp3) is 0.214. The first kappa shape index (κ1) is 12.1. The summed E-state index contributed by atoms with van der Waals surface area (Å²) in [6, 6.07) is 9.93. The molecule has 1 aliphatic heterocycles. The molecule has 19 heavy (non-hydrogen) atoms. The zero-order valence-corrected chi connectivity index (χ0v) is 10.2. The van der Waals surface area contributed by atoms with E-state index >= 15 is 0 Å². The highest BCUT2D eigenvalue weighted by atomic mass is 19.1. The molecule has 2 heterocycles. The third-order valence-electron chi connectivity index (χ3n) is 2.84. The van der Waals surface area contributed by atoms with Crippen molar-refractivity contribution < 1.29 is 13.9 Å². The van der Waals surface area contributed by atoms with Crippen LogP contribution in [0.15, 0.2) is 48.8 Å². The van der Waals surface area contributed by atoms with Gasteiger partial charge in [0.1, 0.15) is 5.82 Å². The van der Waals surface area contributed by atoms with Gasteiger partial charge in [0.2, 0.25) is 6.41 Å². The Labute approximate surface area is 110 Å². The van der Waals surface area contributed by atoms with Gasteiger partial charge < -0.3 is 9.47 Å². The average molecular weight is 260 g/mol. The van der Waals surface area contributed by atoms with Crippen LogP contribution in [0.2, 0.25) is 0 Å². The maximum absolute atomic E-state index is 13.0. The van der Waals surface area contributed by atoms with E-state index in [4.69, 9.17) is 9.47 Å². The molecule has 0 atom stereocenters. The molecule has 0 bridgehead atoms. The van der Waals surface area contributed by atoms with E-state index in [0.29, 0.717) is 13.2 Å². The summed E-state index contributed by atoms with van der Waals surface area (Å²) in [5.41, 5.74) is 1.63. The summed E-state index contributed by atoms with van der Waals surface area (Å²) in [6.45, 7) is 1.09. The average Bonchev–Trinajstić information content (AvgIpc) is 2.96. The Hall–Kier alpha value is -1.98. The number of nitrogens with zero attached hydrogens (tertiary/aromatic N) is 2. The summed E-state index contributed by atoms with van der Waals surface area (Å²) in [7, 11) is 0. The Morgan fingerprint density at radius 1 is 1.05 bits per heavy atom. The van der Waals surface area contributed by atoms with Crippen LogP contribution in [0.3, 0.4) is 0 Å². The molecule has 1 saturated heterocycles. The van der Waals surface area contributed by atoms with E-state index in [1.54, 1.807) is 24.5 Å². The predicted molar refractivity (Wildman–Crippen MR) is 68.5 cm³/mol. The van der Waals surface area contributed by atoms with Crippen LogP contribution in [-0.2, 0) is 9.47 Å². The Morgan fingerprint density at radius 2 is 1.79 bits per heavy atom. The van der Waals surface area contributed by atoms with Gasteiger partial charge in [-0.05, 0) is 36.4 Å².